The molecule has 0 radical (unpaired) electrons. The first-order chi connectivity index (χ1) is 14.3. The highest BCUT2D eigenvalue weighted by molar-refractivity contribution is 5.97. The number of rotatable bonds is 5. The van der Waals surface area contributed by atoms with E-state index in [9.17, 15) is 9.59 Å². The molecule has 1 aliphatic heterocycles. The Morgan fingerprint density at radius 2 is 2.07 bits per heavy atom. The summed E-state index contributed by atoms with van der Waals surface area (Å²) in [5.74, 6) is 0.106. The lowest BCUT2D eigenvalue weighted by molar-refractivity contribution is 0.0522. The van der Waals surface area contributed by atoms with E-state index in [1.54, 1.807) is 20.2 Å². The van der Waals surface area contributed by atoms with E-state index in [1.807, 2.05) is 22.9 Å². The topological polar surface area (TPSA) is 75.3 Å². The zero-order chi connectivity index (χ0) is 21.6. The van der Waals surface area contributed by atoms with Crippen LogP contribution < -0.4 is 10.2 Å². The Labute approximate surface area is 175 Å². The van der Waals surface area contributed by atoms with Crippen LogP contribution >= 0.6 is 0 Å². The molecule has 30 heavy (non-hydrogen) atoms. The van der Waals surface area contributed by atoms with Crippen molar-refractivity contribution >= 4 is 16.9 Å². The minimum atomic E-state index is -0.587. The number of hydrogen-bond donors (Lipinski definition) is 0. The molecule has 1 atom stereocenters. The molecule has 7 nitrogen and oxygen atoms in total. The Bertz CT molecular complexity index is 1190. The van der Waals surface area contributed by atoms with Gasteiger partial charge in [0.15, 0.2) is 5.43 Å². The van der Waals surface area contributed by atoms with Gasteiger partial charge in [-0.05, 0) is 24.8 Å². The minimum Gasteiger partial charge on any atom is -0.494 e. The highest BCUT2D eigenvalue weighted by Gasteiger charge is 2.37. The third kappa shape index (κ3) is 3.00. The molecule has 0 spiro atoms. The molecule has 7 heteroatoms. The molecule has 1 unspecified atom stereocenters. The molecule has 0 aliphatic carbocycles. The van der Waals surface area contributed by atoms with Crippen LogP contribution in [-0.2, 0) is 11.3 Å². The van der Waals surface area contributed by atoms with E-state index in [4.69, 9.17) is 14.6 Å². The van der Waals surface area contributed by atoms with Crippen molar-refractivity contribution in [3.8, 4) is 17.1 Å². The fourth-order valence-electron chi connectivity index (χ4n) is 4.16. The van der Waals surface area contributed by atoms with Gasteiger partial charge in [0, 0.05) is 17.6 Å². The van der Waals surface area contributed by atoms with E-state index in [0.717, 1.165) is 28.7 Å². The molecule has 0 saturated carbocycles. The number of carbonyl (C=O) groups is 1. The molecule has 1 aromatic carbocycles. The largest absolute Gasteiger partial charge is 0.494 e. The van der Waals surface area contributed by atoms with Gasteiger partial charge in [-0.2, -0.15) is 5.10 Å². The zero-order valence-electron chi connectivity index (χ0n) is 18.1. The monoisotopic (exact) mass is 409 g/mol. The molecule has 0 amide bonds. The molecular formula is C23H27N3O4. The number of esters is 1. The Kier molecular flexibility index (Phi) is 4.92. The summed E-state index contributed by atoms with van der Waals surface area (Å²) in [6.07, 6.45) is 2.59. The number of pyridine rings is 1. The first-order valence-corrected chi connectivity index (χ1v) is 10.3. The summed E-state index contributed by atoms with van der Waals surface area (Å²) in [5, 5.41) is 5.74. The fraction of sp³-hybridized carbons (Fsp3) is 0.435. The standard InChI is InChI=1S/C23H27N3O4/c1-6-23(3,4)19-13-26-21(14-9-8-10-18(29-5)20(14)24-26)16-11-17(27)15(12-25(16)19)22(28)30-7-2/h8-12,19H,6-7,13H2,1-5H3. The molecular weight excluding hydrogens is 382 g/mol. The first kappa shape index (κ1) is 20.2. The van der Waals surface area contributed by atoms with Gasteiger partial charge in [-0.3, -0.25) is 9.48 Å². The number of hydrogen-bond acceptors (Lipinski definition) is 5. The molecule has 2 aromatic heterocycles. The molecule has 158 valence electrons. The van der Waals surface area contributed by atoms with Crippen LogP contribution in [0.25, 0.3) is 22.3 Å². The molecule has 0 fully saturated rings. The van der Waals surface area contributed by atoms with Crippen molar-refractivity contribution in [3.05, 3.63) is 46.2 Å². The van der Waals surface area contributed by atoms with Crippen LogP contribution in [0.2, 0.25) is 0 Å². The molecule has 1 aliphatic rings. The highest BCUT2D eigenvalue weighted by Crippen LogP contribution is 2.44. The van der Waals surface area contributed by atoms with Crippen LogP contribution in [0.3, 0.4) is 0 Å². The highest BCUT2D eigenvalue weighted by atomic mass is 16.5. The van der Waals surface area contributed by atoms with Crippen molar-refractivity contribution in [2.24, 2.45) is 5.41 Å². The predicted octanol–water partition coefficient (Wildman–Crippen LogP) is 4.04. The number of carbonyl (C=O) groups excluding carboxylic acids is 1. The van der Waals surface area contributed by atoms with Crippen molar-refractivity contribution in [2.45, 2.75) is 46.7 Å². The van der Waals surface area contributed by atoms with E-state index in [0.29, 0.717) is 12.3 Å². The molecule has 0 bridgehead atoms. The third-order valence-corrected chi connectivity index (χ3v) is 6.27. The van der Waals surface area contributed by atoms with Crippen LogP contribution in [0, 0.1) is 5.41 Å². The molecule has 0 N–H and O–H groups in total. The van der Waals surface area contributed by atoms with Gasteiger partial charge in [0.25, 0.3) is 0 Å². The molecule has 3 heterocycles. The van der Waals surface area contributed by atoms with Crippen LogP contribution in [0.4, 0.5) is 0 Å². The average molecular weight is 409 g/mol. The Morgan fingerprint density at radius 1 is 1.30 bits per heavy atom. The second-order valence-electron chi connectivity index (χ2n) is 8.31. The van der Waals surface area contributed by atoms with Crippen LogP contribution in [0.5, 0.6) is 5.75 Å². The van der Waals surface area contributed by atoms with Crippen molar-refractivity contribution in [1.29, 1.82) is 0 Å². The van der Waals surface area contributed by atoms with Crippen LogP contribution in [0.1, 0.15) is 50.5 Å². The van der Waals surface area contributed by atoms with Crippen molar-refractivity contribution in [3.63, 3.8) is 0 Å². The van der Waals surface area contributed by atoms with Crippen LogP contribution in [0.15, 0.2) is 35.3 Å². The normalized spacial score (nSPS) is 15.6. The van der Waals surface area contributed by atoms with Gasteiger partial charge in [-0.15, -0.1) is 0 Å². The quantitative estimate of drug-likeness (QED) is 0.595. The summed E-state index contributed by atoms with van der Waals surface area (Å²) in [7, 11) is 1.63. The van der Waals surface area contributed by atoms with Crippen LogP contribution in [-0.4, -0.2) is 34.0 Å². The summed E-state index contributed by atoms with van der Waals surface area (Å²) < 4.78 is 14.6. The third-order valence-electron chi connectivity index (χ3n) is 6.27. The van der Waals surface area contributed by atoms with Gasteiger partial charge in [-0.1, -0.05) is 32.9 Å². The van der Waals surface area contributed by atoms with E-state index in [2.05, 4.69) is 25.3 Å². The molecule has 4 rings (SSSR count). The summed E-state index contributed by atoms with van der Waals surface area (Å²) in [6, 6.07) is 7.33. The number of nitrogens with zero attached hydrogens (tertiary/aromatic N) is 3. The lowest BCUT2D eigenvalue weighted by Gasteiger charge is -2.40. The first-order valence-electron chi connectivity index (χ1n) is 10.3. The SMILES string of the molecule is CCOC(=O)c1cn2c(cc1=O)-c1c3cccc(OC)c3nn1CC2C(C)(C)CC. The lowest BCUT2D eigenvalue weighted by Crippen LogP contribution is -2.36. The van der Waals surface area contributed by atoms with Gasteiger partial charge in [-0.25, -0.2) is 4.79 Å². The average Bonchev–Trinajstić information content (AvgIpc) is 3.11. The number of fused-ring (bicyclic) bond motifs is 5. The zero-order valence-corrected chi connectivity index (χ0v) is 18.1. The Morgan fingerprint density at radius 3 is 2.73 bits per heavy atom. The van der Waals surface area contributed by atoms with Gasteiger partial charge in [0.2, 0.25) is 0 Å². The second kappa shape index (κ2) is 7.31. The number of methoxy groups -OCH3 is 1. The van der Waals surface area contributed by atoms with Gasteiger partial charge < -0.3 is 14.0 Å². The van der Waals surface area contributed by atoms with Gasteiger partial charge >= 0.3 is 5.97 Å². The Balaban J connectivity index is 2.03. The summed E-state index contributed by atoms with van der Waals surface area (Å²) in [5.41, 5.74) is 2.00. The maximum atomic E-state index is 12.9. The van der Waals surface area contributed by atoms with Gasteiger partial charge in [0.05, 0.1) is 37.7 Å². The summed E-state index contributed by atoms with van der Waals surface area (Å²) in [4.78, 5) is 25.3. The second-order valence-corrected chi connectivity index (χ2v) is 8.31. The van der Waals surface area contributed by atoms with E-state index in [-0.39, 0.29) is 29.1 Å². The number of aromatic nitrogens is 3. The number of benzene rings is 1. The fourth-order valence-corrected chi connectivity index (χ4v) is 4.16. The smallest absolute Gasteiger partial charge is 0.343 e. The van der Waals surface area contributed by atoms with Crippen molar-refractivity contribution in [1.82, 2.24) is 14.3 Å². The summed E-state index contributed by atoms with van der Waals surface area (Å²) >= 11 is 0. The number of ether oxygens (including phenoxy) is 2. The minimum absolute atomic E-state index is 0.0130. The maximum absolute atomic E-state index is 12.9. The van der Waals surface area contributed by atoms with Crippen molar-refractivity contribution < 1.29 is 14.3 Å². The maximum Gasteiger partial charge on any atom is 0.343 e. The van der Waals surface area contributed by atoms with E-state index in [1.165, 1.54) is 6.07 Å². The molecule has 0 saturated heterocycles. The Hall–Kier alpha value is -3.09. The predicted molar refractivity (Wildman–Crippen MR) is 115 cm³/mol. The lowest BCUT2D eigenvalue weighted by atomic mass is 9.80. The van der Waals surface area contributed by atoms with Gasteiger partial charge in [0.1, 0.15) is 16.8 Å². The van der Waals surface area contributed by atoms with Crippen molar-refractivity contribution in [2.75, 3.05) is 13.7 Å². The summed E-state index contributed by atoms with van der Waals surface area (Å²) in [6.45, 7) is 9.12. The molecule has 3 aromatic rings. The van der Waals surface area contributed by atoms with E-state index >= 15 is 0 Å². The van der Waals surface area contributed by atoms with E-state index < -0.39 is 5.97 Å².